The molecule has 134 valence electrons. The second-order valence-electron chi connectivity index (χ2n) is 7.07. The molecule has 1 fully saturated rings. The van der Waals surface area contributed by atoms with Crippen molar-refractivity contribution in [1.29, 1.82) is 0 Å². The molecule has 1 amide bonds. The first kappa shape index (κ1) is 20.3. The summed E-state index contributed by atoms with van der Waals surface area (Å²) in [4.78, 5) is 13.7. The Hall–Kier alpha value is -0.790. The largest absolute Gasteiger partial charge is 0.343 e. The Morgan fingerprint density at radius 2 is 1.30 bits per heavy atom. The summed E-state index contributed by atoms with van der Waals surface area (Å²) in [6.07, 6.45) is 23.8. The van der Waals surface area contributed by atoms with Gasteiger partial charge in [0.15, 0.2) is 0 Å². The number of carbonyl (C=O) groups excluding carboxylic acids is 1. The van der Waals surface area contributed by atoms with Crippen LogP contribution in [0, 0.1) is 0 Å². The normalized spacial score (nSPS) is 14.4. The molecule has 1 heterocycles. The van der Waals surface area contributed by atoms with Crippen LogP contribution in [0.4, 0.5) is 0 Å². The van der Waals surface area contributed by atoms with Crippen LogP contribution in [0.2, 0.25) is 0 Å². The van der Waals surface area contributed by atoms with Crippen molar-refractivity contribution >= 4 is 5.91 Å². The van der Waals surface area contributed by atoms with Crippen LogP contribution in [0.25, 0.3) is 0 Å². The van der Waals surface area contributed by atoms with Crippen LogP contribution in [0.15, 0.2) is 12.2 Å². The molecule has 0 atom stereocenters. The highest BCUT2D eigenvalue weighted by atomic mass is 16.2. The molecule has 0 spiro atoms. The summed E-state index contributed by atoms with van der Waals surface area (Å²) in [6.45, 7) is 4.28. The van der Waals surface area contributed by atoms with Gasteiger partial charge in [0.05, 0.1) is 0 Å². The maximum atomic E-state index is 11.7. The number of allylic oxidation sites excluding steroid dienone is 2. The smallest absolute Gasteiger partial charge is 0.222 e. The molecule has 0 unspecified atom stereocenters. The zero-order valence-electron chi connectivity index (χ0n) is 15.5. The maximum absolute atomic E-state index is 11.7. The Balaban J connectivity index is 1.73. The van der Waals surface area contributed by atoms with E-state index in [0.717, 1.165) is 25.9 Å². The van der Waals surface area contributed by atoms with Gasteiger partial charge in [0.25, 0.3) is 0 Å². The zero-order chi connectivity index (χ0) is 16.6. The molecule has 1 saturated heterocycles. The van der Waals surface area contributed by atoms with Crippen molar-refractivity contribution in [3.05, 3.63) is 12.2 Å². The summed E-state index contributed by atoms with van der Waals surface area (Å²) >= 11 is 0. The summed E-state index contributed by atoms with van der Waals surface area (Å²) in [5.41, 5.74) is 0. The predicted octanol–water partition coefficient (Wildman–Crippen LogP) is 6.26. The molecule has 0 saturated carbocycles. The third kappa shape index (κ3) is 11.4. The van der Waals surface area contributed by atoms with Crippen LogP contribution in [0.1, 0.15) is 103 Å². The third-order valence-electron chi connectivity index (χ3n) is 4.86. The Morgan fingerprint density at radius 1 is 0.783 bits per heavy atom. The Kier molecular flexibility index (Phi) is 13.0. The van der Waals surface area contributed by atoms with Crippen molar-refractivity contribution in [2.75, 3.05) is 13.1 Å². The van der Waals surface area contributed by atoms with Gasteiger partial charge in [-0.2, -0.15) is 0 Å². The molecule has 0 aromatic rings. The number of rotatable bonds is 15. The second kappa shape index (κ2) is 14.8. The first-order chi connectivity index (χ1) is 11.3. The van der Waals surface area contributed by atoms with Crippen LogP contribution in [-0.4, -0.2) is 23.9 Å². The van der Waals surface area contributed by atoms with E-state index in [1.165, 1.54) is 83.5 Å². The molecule has 1 rings (SSSR count). The van der Waals surface area contributed by atoms with Gasteiger partial charge in [0, 0.05) is 19.5 Å². The van der Waals surface area contributed by atoms with Gasteiger partial charge in [0.2, 0.25) is 5.91 Å². The summed E-state index contributed by atoms with van der Waals surface area (Å²) in [5.74, 6) is 0.383. The van der Waals surface area contributed by atoms with Crippen molar-refractivity contribution in [2.45, 2.75) is 103 Å². The second-order valence-corrected chi connectivity index (χ2v) is 7.07. The van der Waals surface area contributed by atoms with Gasteiger partial charge < -0.3 is 4.90 Å². The molecule has 2 nitrogen and oxygen atoms in total. The van der Waals surface area contributed by atoms with E-state index in [1.54, 1.807) is 0 Å². The molecule has 0 N–H and O–H groups in total. The number of carbonyl (C=O) groups is 1. The average Bonchev–Trinajstić information content (AvgIpc) is 2.49. The molecule has 0 aromatic heterocycles. The van der Waals surface area contributed by atoms with Gasteiger partial charge in [-0.3, -0.25) is 4.79 Å². The molecule has 1 aliphatic heterocycles. The number of likely N-dealkylation sites (tertiary alicyclic amines) is 1. The van der Waals surface area contributed by atoms with Crippen molar-refractivity contribution in [2.24, 2.45) is 0 Å². The van der Waals surface area contributed by atoms with E-state index in [2.05, 4.69) is 19.1 Å². The van der Waals surface area contributed by atoms with Gasteiger partial charge in [0.1, 0.15) is 0 Å². The molecule has 1 aliphatic rings. The lowest BCUT2D eigenvalue weighted by Gasteiger charge is -2.30. The van der Waals surface area contributed by atoms with Gasteiger partial charge in [-0.15, -0.1) is 0 Å². The van der Waals surface area contributed by atoms with E-state index in [-0.39, 0.29) is 0 Å². The van der Waals surface area contributed by atoms with Crippen molar-refractivity contribution in [3.63, 3.8) is 0 Å². The minimum atomic E-state index is 0.383. The van der Waals surface area contributed by atoms with E-state index < -0.39 is 0 Å². The van der Waals surface area contributed by atoms with Crippen molar-refractivity contribution < 1.29 is 4.79 Å². The molecule has 0 aromatic carbocycles. The minimum absolute atomic E-state index is 0.383. The van der Waals surface area contributed by atoms with Gasteiger partial charge in [-0.05, 0) is 38.5 Å². The fraction of sp³-hybridized carbons (Fsp3) is 0.857. The number of hydrogen-bond donors (Lipinski definition) is 0. The van der Waals surface area contributed by atoms with Crippen LogP contribution < -0.4 is 0 Å². The lowest BCUT2D eigenvalue weighted by Crippen LogP contribution is -2.41. The van der Waals surface area contributed by atoms with E-state index >= 15 is 0 Å². The van der Waals surface area contributed by atoms with E-state index in [9.17, 15) is 4.79 Å². The highest BCUT2D eigenvalue weighted by Gasteiger charge is 2.18. The van der Waals surface area contributed by atoms with E-state index in [0.29, 0.717) is 5.91 Å². The molecule has 0 radical (unpaired) electrons. The molecular formula is C21H39NO. The zero-order valence-corrected chi connectivity index (χ0v) is 15.5. The lowest BCUT2D eigenvalue weighted by atomic mass is 10.1. The standard InChI is InChI=1S/C21H39NO/c1-2-3-4-5-6-7-8-9-10-11-12-13-14-15-16-18-21(23)22-19-17-20-22/h9-10H,2-8,11-20H2,1H3. The minimum Gasteiger partial charge on any atom is -0.343 e. The summed E-state index contributed by atoms with van der Waals surface area (Å²) < 4.78 is 0. The quantitative estimate of drug-likeness (QED) is 0.257. The highest BCUT2D eigenvalue weighted by Crippen LogP contribution is 2.13. The summed E-state index contributed by atoms with van der Waals surface area (Å²) in [6, 6.07) is 0. The van der Waals surface area contributed by atoms with E-state index in [1.807, 2.05) is 4.90 Å². The van der Waals surface area contributed by atoms with Gasteiger partial charge in [-0.25, -0.2) is 0 Å². The molecule has 0 bridgehead atoms. The Labute approximate surface area is 144 Å². The van der Waals surface area contributed by atoms with Gasteiger partial charge in [-0.1, -0.05) is 70.4 Å². The fourth-order valence-corrected chi connectivity index (χ4v) is 3.07. The number of amides is 1. The topological polar surface area (TPSA) is 20.3 Å². The molecule has 2 heteroatoms. The SMILES string of the molecule is CCCCCCCCC=CCCCCCCCC(=O)N1CCC1. The number of hydrogen-bond acceptors (Lipinski definition) is 1. The first-order valence-electron chi connectivity index (χ1n) is 10.3. The van der Waals surface area contributed by atoms with Gasteiger partial charge >= 0.3 is 0 Å². The third-order valence-corrected chi connectivity index (χ3v) is 4.86. The summed E-state index contributed by atoms with van der Waals surface area (Å²) in [7, 11) is 0. The fourth-order valence-electron chi connectivity index (χ4n) is 3.07. The summed E-state index contributed by atoms with van der Waals surface area (Å²) in [5, 5.41) is 0. The van der Waals surface area contributed by atoms with Crippen LogP contribution in [-0.2, 0) is 4.79 Å². The lowest BCUT2D eigenvalue weighted by molar-refractivity contribution is -0.134. The average molecular weight is 322 g/mol. The Morgan fingerprint density at radius 3 is 1.83 bits per heavy atom. The maximum Gasteiger partial charge on any atom is 0.222 e. The monoisotopic (exact) mass is 321 g/mol. The first-order valence-corrected chi connectivity index (χ1v) is 10.3. The van der Waals surface area contributed by atoms with Crippen LogP contribution in [0.5, 0.6) is 0 Å². The number of unbranched alkanes of at least 4 members (excludes halogenated alkanes) is 11. The van der Waals surface area contributed by atoms with Crippen molar-refractivity contribution in [3.8, 4) is 0 Å². The molecule has 23 heavy (non-hydrogen) atoms. The van der Waals surface area contributed by atoms with Crippen LogP contribution >= 0.6 is 0 Å². The van der Waals surface area contributed by atoms with Crippen LogP contribution in [0.3, 0.4) is 0 Å². The molecule has 0 aliphatic carbocycles. The highest BCUT2D eigenvalue weighted by molar-refractivity contribution is 5.76. The van der Waals surface area contributed by atoms with E-state index in [4.69, 9.17) is 0 Å². The Bertz CT molecular complexity index is 307. The van der Waals surface area contributed by atoms with Crippen molar-refractivity contribution in [1.82, 2.24) is 4.90 Å². The predicted molar refractivity (Wildman–Crippen MR) is 101 cm³/mol. The number of nitrogens with zero attached hydrogens (tertiary/aromatic N) is 1. The molecular weight excluding hydrogens is 282 g/mol.